The van der Waals surface area contributed by atoms with Crippen molar-refractivity contribution in [3.63, 3.8) is 0 Å². The average Bonchev–Trinajstić information content (AvgIpc) is 2.84. The Kier molecular flexibility index (Phi) is 6.47. The van der Waals surface area contributed by atoms with Gasteiger partial charge in [-0.2, -0.15) is 0 Å². The molecule has 0 unspecified atom stereocenters. The van der Waals surface area contributed by atoms with Crippen molar-refractivity contribution in [1.82, 2.24) is 0 Å². The molecule has 0 aliphatic rings. The lowest BCUT2D eigenvalue weighted by atomic mass is 10.0. The molecular weight excluding hydrogens is 394 g/mol. The lowest BCUT2D eigenvalue weighted by Gasteiger charge is -2.26. The zero-order valence-electron chi connectivity index (χ0n) is 18.1. The quantitative estimate of drug-likeness (QED) is 0.231. The second-order valence-corrected chi connectivity index (χ2v) is 7.57. The molecule has 0 spiro atoms. The van der Waals surface area contributed by atoms with E-state index >= 15 is 0 Å². The van der Waals surface area contributed by atoms with Gasteiger partial charge in [0.05, 0.1) is 0 Å². The molecule has 4 aromatic carbocycles. The summed E-state index contributed by atoms with van der Waals surface area (Å²) in [5, 5.41) is 0. The van der Waals surface area contributed by atoms with Crippen molar-refractivity contribution in [1.29, 1.82) is 0 Å². The first kappa shape index (κ1) is 21.1. The number of ether oxygens (including phenoxy) is 1. The van der Waals surface area contributed by atoms with Crippen LogP contribution in [0.4, 0.5) is 17.1 Å². The second-order valence-electron chi connectivity index (χ2n) is 7.57. The maximum atomic E-state index is 11.3. The minimum absolute atomic E-state index is 0.224. The first-order valence-corrected chi connectivity index (χ1v) is 10.5. The van der Waals surface area contributed by atoms with Crippen LogP contribution < -0.4 is 4.90 Å². The normalized spacial score (nSPS) is 10.4. The van der Waals surface area contributed by atoms with Crippen LogP contribution in [0.25, 0.3) is 11.1 Å². The fraction of sp³-hybridized carbons (Fsp3) is 0.0690. The number of esters is 1. The number of aryl methyl sites for hydroxylation is 1. The number of carbonyl (C=O) groups excluding carboxylic acids is 1. The van der Waals surface area contributed by atoms with Crippen LogP contribution in [0.3, 0.4) is 0 Å². The third kappa shape index (κ3) is 4.96. The second kappa shape index (κ2) is 9.80. The number of para-hydroxylation sites is 1. The number of hydrogen-bond acceptors (Lipinski definition) is 3. The molecule has 0 radical (unpaired) electrons. The van der Waals surface area contributed by atoms with Gasteiger partial charge in [-0.15, -0.1) is 0 Å². The molecule has 3 nitrogen and oxygen atoms in total. The van der Waals surface area contributed by atoms with Gasteiger partial charge in [-0.3, -0.25) is 0 Å². The Labute approximate surface area is 189 Å². The molecule has 0 amide bonds. The summed E-state index contributed by atoms with van der Waals surface area (Å²) in [6, 6.07) is 35.4. The standard InChI is InChI=1S/C29H25NO2/c1-3-29(31)32-21-23-12-16-27(17-13-23)30(26-10-5-4-6-11-26)28-18-14-24(15-19-28)25-9-7-8-22(2)20-25/h3-20H,1,21H2,2H3. The highest BCUT2D eigenvalue weighted by Gasteiger charge is 2.12. The summed E-state index contributed by atoms with van der Waals surface area (Å²) in [6.45, 7) is 5.76. The molecule has 4 aromatic rings. The Morgan fingerprint density at radius 3 is 2.03 bits per heavy atom. The molecule has 0 aromatic heterocycles. The zero-order chi connectivity index (χ0) is 22.3. The van der Waals surface area contributed by atoms with E-state index in [1.54, 1.807) is 0 Å². The monoisotopic (exact) mass is 419 g/mol. The molecule has 0 saturated carbocycles. The molecule has 158 valence electrons. The molecule has 0 atom stereocenters. The molecule has 0 fully saturated rings. The summed E-state index contributed by atoms with van der Waals surface area (Å²) in [5.74, 6) is -0.423. The van der Waals surface area contributed by atoms with Gasteiger partial charge in [-0.05, 0) is 60.0 Å². The highest BCUT2D eigenvalue weighted by atomic mass is 16.5. The summed E-state index contributed by atoms with van der Waals surface area (Å²) < 4.78 is 5.14. The van der Waals surface area contributed by atoms with Crippen molar-refractivity contribution in [3.05, 3.63) is 127 Å². The van der Waals surface area contributed by atoms with Gasteiger partial charge >= 0.3 is 5.97 Å². The molecule has 0 heterocycles. The zero-order valence-corrected chi connectivity index (χ0v) is 18.1. The van der Waals surface area contributed by atoms with Crippen LogP contribution >= 0.6 is 0 Å². The van der Waals surface area contributed by atoms with Gasteiger partial charge in [0.2, 0.25) is 0 Å². The smallest absolute Gasteiger partial charge is 0.330 e. The molecule has 0 saturated heterocycles. The minimum atomic E-state index is -0.423. The lowest BCUT2D eigenvalue weighted by Crippen LogP contribution is -2.10. The first-order chi connectivity index (χ1) is 15.6. The third-order valence-corrected chi connectivity index (χ3v) is 5.23. The summed E-state index contributed by atoms with van der Waals surface area (Å²) in [7, 11) is 0. The first-order valence-electron chi connectivity index (χ1n) is 10.5. The van der Waals surface area contributed by atoms with Crippen LogP contribution in [-0.4, -0.2) is 5.97 Å². The van der Waals surface area contributed by atoms with E-state index in [0.717, 1.165) is 22.6 Å². The Balaban J connectivity index is 1.65. The third-order valence-electron chi connectivity index (χ3n) is 5.23. The van der Waals surface area contributed by atoms with Crippen molar-refractivity contribution in [2.75, 3.05) is 4.90 Å². The molecule has 3 heteroatoms. The van der Waals surface area contributed by atoms with Gasteiger partial charge in [0.25, 0.3) is 0 Å². The molecular formula is C29H25NO2. The maximum absolute atomic E-state index is 11.3. The summed E-state index contributed by atoms with van der Waals surface area (Å²) in [5.41, 5.74) is 7.73. The van der Waals surface area contributed by atoms with E-state index < -0.39 is 5.97 Å². The van der Waals surface area contributed by atoms with Crippen molar-refractivity contribution < 1.29 is 9.53 Å². The van der Waals surface area contributed by atoms with E-state index in [1.165, 1.54) is 22.8 Å². The summed E-state index contributed by atoms with van der Waals surface area (Å²) in [4.78, 5) is 13.5. The van der Waals surface area contributed by atoms with E-state index in [1.807, 2.05) is 42.5 Å². The highest BCUT2D eigenvalue weighted by Crippen LogP contribution is 2.35. The topological polar surface area (TPSA) is 29.5 Å². The number of rotatable bonds is 7. The molecule has 0 bridgehead atoms. The Bertz CT molecular complexity index is 1200. The number of nitrogens with zero attached hydrogens (tertiary/aromatic N) is 1. The number of benzene rings is 4. The maximum Gasteiger partial charge on any atom is 0.330 e. The fourth-order valence-corrected chi connectivity index (χ4v) is 3.61. The van der Waals surface area contributed by atoms with E-state index in [0.29, 0.717) is 0 Å². The predicted molar refractivity (Wildman–Crippen MR) is 131 cm³/mol. The number of carbonyl (C=O) groups is 1. The van der Waals surface area contributed by atoms with Gasteiger partial charge in [0.1, 0.15) is 6.61 Å². The van der Waals surface area contributed by atoms with Crippen LogP contribution in [0, 0.1) is 6.92 Å². The number of anilines is 3. The van der Waals surface area contributed by atoms with E-state index in [2.05, 4.69) is 79.1 Å². The number of hydrogen-bond donors (Lipinski definition) is 0. The fourth-order valence-electron chi connectivity index (χ4n) is 3.61. The Hall–Kier alpha value is -4.11. The van der Waals surface area contributed by atoms with Crippen LogP contribution in [0.15, 0.2) is 116 Å². The van der Waals surface area contributed by atoms with Gasteiger partial charge in [-0.25, -0.2) is 4.79 Å². The highest BCUT2D eigenvalue weighted by molar-refractivity contribution is 5.81. The van der Waals surface area contributed by atoms with Gasteiger partial charge in [0.15, 0.2) is 0 Å². The van der Waals surface area contributed by atoms with E-state index in [-0.39, 0.29) is 6.61 Å². The Morgan fingerprint density at radius 1 is 0.781 bits per heavy atom. The van der Waals surface area contributed by atoms with Crippen LogP contribution in [-0.2, 0) is 16.1 Å². The summed E-state index contributed by atoms with van der Waals surface area (Å²) in [6.07, 6.45) is 1.17. The van der Waals surface area contributed by atoms with Crippen molar-refractivity contribution in [3.8, 4) is 11.1 Å². The van der Waals surface area contributed by atoms with E-state index in [9.17, 15) is 4.79 Å². The molecule has 4 rings (SSSR count). The minimum Gasteiger partial charge on any atom is -0.458 e. The van der Waals surface area contributed by atoms with Crippen LogP contribution in [0.1, 0.15) is 11.1 Å². The molecule has 32 heavy (non-hydrogen) atoms. The lowest BCUT2D eigenvalue weighted by molar-refractivity contribution is -0.138. The van der Waals surface area contributed by atoms with Gasteiger partial charge in [-0.1, -0.05) is 78.9 Å². The Morgan fingerprint density at radius 2 is 1.41 bits per heavy atom. The average molecular weight is 420 g/mol. The molecule has 0 aliphatic heterocycles. The summed E-state index contributed by atoms with van der Waals surface area (Å²) >= 11 is 0. The SMILES string of the molecule is C=CC(=O)OCc1ccc(N(c2ccccc2)c2ccc(-c3cccc(C)c3)cc2)cc1. The predicted octanol–water partition coefficient (Wildman–Crippen LogP) is 7.36. The van der Waals surface area contributed by atoms with E-state index in [4.69, 9.17) is 4.74 Å². The van der Waals surface area contributed by atoms with Crippen LogP contribution in [0.5, 0.6) is 0 Å². The van der Waals surface area contributed by atoms with Gasteiger partial charge < -0.3 is 9.64 Å². The molecule has 0 aliphatic carbocycles. The van der Waals surface area contributed by atoms with Gasteiger partial charge in [0, 0.05) is 23.1 Å². The van der Waals surface area contributed by atoms with Crippen molar-refractivity contribution >= 4 is 23.0 Å². The largest absolute Gasteiger partial charge is 0.458 e. The van der Waals surface area contributed by atoms with Crippen molar-refractivity contribution in [2.45, 2.75) is 13.5 Å². The molecule has 0 N–H and O–H groups in total. The van der Waals surface area contributed by atoms with Crippen molar-refractivity contribution in [2.24, 2.45) is 0 Å². The van der Waals surface area contributed by atoms with Crippen LogP contribution in [0.2, 0.25) is 0 Å².